The second kappa shape index (κ2) is 6.13. The molecule has 3 heterocycles. The van der Waals surface area contributed by atoms with Gasteiger partial charge in [-0.3, -0.25) is 4.79 Å². The summed E-state index contributed by atoms with van der Waals surface area (Å²) in [6.45, 7) is 0. The first kappa shape index (κ1) is 15.9. The summed E-state index contributed by atoms with van der Waals surface area (Å²) in [7, 11) is 0. The fourth-order valence-corrected chi connectivity index (χ4v) is 3.76. The zero-order chi connectivity index (χ0) is 18.4. The largest absolute Gasteiger partial charge is 0.318 e. The second-order valence-corrected chi connectivity index (χ2v) is 7.00. The van der Waals surface area contributed by atoms with Crippen LogP contribution < -0.4 is 10.9 Å². The highest BCUT2D eigenvalue weighted by Gasteiger charge is 2.34. The third-order valence-electron chi connectivity index (χ3n) is 4.48. The lowest BCUT2D eigenvalue weighted by Gasteiger charge is -2.27. The van der Waals surface area contributed by atoms with E-state index < -0.39 is 6.04 Å². The first-order valence-corrected chi connectivity index (χ1v) is 9.00. The van der Waals surface area contributed by atoms with Crippen molar-refractivity contribution in [3.63, 3.8) is 0 Å². The van der Waals surface area contributed by atoms with Gasteiger partial charge in [-0.1, -0.05) is 63.5 Å². The van der Waals surface area contributed by atoms with E-state index in [1.807, 2.05) is 54.6 Å². The molecule has 1 unspecified atom stereocenters. The molecule has 5 rings (SSSR count). The van der Waals surface area contributed by atoms with Crippen LogP contribution in [0.15, 0.2) is 63.9 Å². The number of fused-ring (bicyclic) bond motifs is 2. The van der Waals surface area contributed by atoms with Gasteiger partial charge in [0, 0.05) is 15.6 Å². The molecule has 9 heteroatoms. The minimum Gasteiger partial charge on any atom is -0.318 e. The molecular formula is C18H12BrN7O. The molecule has 4 aromatic rings. The molecule has 132 valence electrons. The lowest BCUT2D eigenvalue weighted by Crippen LogP contribution is -2.29. The monoisotopic (exact) mass is 421 g/mol. The third-order valence-corrected chi connectivity index (χ3v) is 4.97. The normalized spacial score (nSPS) is 14.9. The molecule has 27 heavy (non-hydrogen) atoms. The number of nitrogens with zero attached hydrogens (tertiary/aromatic N) is 5. The maximum atomic E-state index is 12.6. The number of aromatic amines is 1. The van der Waals surface area contributed by atoms with E-state index in [-0.39, 0.29) is 5.56 Å². The van der Waals surface area contributed by atoms with Crippen molar-refractivity contribution in [2.24, 2.45) is 0 Å². The zero-order valence-electron chi connectivity index (χ0n) is 13.8. The van der Waals surface area contributed by atoms with Crippen LogP contribution in [0.3, 0.4) is 0 Å². The number of tetrazole rings is 1. The zero-order valence-corrected chi connectivity index (χ0v) is 15.4. The van der Waals surface area contributed by atoms with Crippen molar-refractivity contribution in [1.82, 2.24) is 30.4 Å². The van der Waals surface area contributed by atoms with Gasteiger partial charge < -0.3 is 5.32 Å². The summed E-state index contributed by atoms with van der Waals surface area (Å²) >= 11 is 3.52. The Labute approximate surface area is 161 Å². The standard InChI is InChI=1S/C18H12BrN7O/c19-12-8-4-7-11(9-12)16-13-14(10-5-2-1-3-6-10)21-22-17(27)15(13)20-18-23-24-25-26(16)18/h1-9,16H,(H,22,27)(H,20,23,25). The van der Waals surface area contributed by atoms with Crippen LogP contribution in [0.5, 0.6) is 0 Å². The molecule has 0 fully saturated rings. The van der Waals surface area contributed by atoms with Gasteiger partial charge in [0.05, 0.1) is 5.69 Å². The van der Waals surface area contributed by atoms with Crippen LogP contribution in [0.2, 0.25) is 0 Å². The number of benzene rings is 2. The molecule has 0 saturated heterocycles. The number of halogens is 1. The van der Waals surface area contributed by atoms with E-state index in [0.717, 1.165) is 21.2 Å². The highest BCUT2D eigenvalue weighted by molar-refractivity contribution is 9.10. The van der Waals surface area contributed by atoms with Gasteiger partial charge in [0.1, 0.15) is 11.7 Å². The fourth-order valence-electron chi connectivity index (χ4n) is 3.34. The van der Waals surface area contributed by atoms with Gasteiger partial charge in [0.25, 0.3) is 5.56 Å². The number of aromatic nitrogens is 6. The molecule has 1 aliphatic heterocycles. The van der Waals surface area contributed by atoms with E-state index in [4.69, 9.17) is 0 Å². The van der Waals surface area contributed by atoms with E-state index in [2.05, 4.69) is 47.0 Å². The predicted octanol–water partition coefficient (Wildman–Crippen LogP) is 2.88. The Hall–Kier alpha value is -3.33. The van der Waals surface area contributed by atoms with E-state index in [1.165, 1.54) is 0 Å². The first-order valence-electron chi connectivity index (χ1n) is 8.21. The number of anilines is 2. The van der Waals surface area contributed by atoms with E-state index in [1.54, 1.807) is 4.68 Å². The van der Waals surface area contributed by atoms with Gasteiger partial charge in [-0.15, -0.1) is 0 Å². The average molecular weight is 422 g/mol. The Morgan fingerprint density at radius 3 is 2.74 bits per heavy atom. The van der Waals surface area contributed by atoms with Crippen molar-refractivity contribution in [3.8, 4) is 11.3 Å². The van der Waals surface area contributed by atoms with Gasteiger partial charge >= 0.3 is 0 Å². The highest BCUT2D eigenvalue weighted by atomic mass is 79.9. The minimum absolute atomic E-state index is 0.320. The van der Waals surface area contributed by atoms with Crippen LogP contribution in [0, 0.1) is 0 Å². The van der Waals surface area contributed by atoms with Crippen LogP contribution in [0.25, 0.3) is 11.3 Å². The maximum absolute atomic E-state index is 12.6. The maximum Gasteiger partial charge on any atom is 0.288 e. The SMILES string of the molecule is O=c1[nH]nc(-c2ccccc2)c2c1Nc1nnnn1C2c1cccc(Br)c1. The van der Waals surface area contributed by atoms with Crippen LogP contribution in [0.1, 0.15) is 17.2 Å². The average Bonchev–Trinajstić information content (AvgIpc) is 3.16. The lowest BCUT2D eigenvalue weighted by molar-refractivity contribution is 0.567. The number of hydrogen-bond donors (Lipinski definition) is 2. The molecule has 0 aliphatic carbocycles. The van der Waals surface area contributed by atoms with Gasteiger partial charge in [-0.25, -0.2) is 5.10 Å². The van der Waals surface area contributed by atoms with Crippen LogP contribution in [-0.4, -0.2) is 30.4 Å². The molecule has 1 aliphatic rings. The second-order valence-electron chi connectivity index (χ2n) is 6.09. The molecule has 1 atom stereocenters. The summed E-state index contributed by atoms with van der Waals surface area (Å²) in [6, 6.07) is 17.2. The predicted molar refractivity (Wildman–Crippen MR) is 103 cm³/mol. The van der Waals surface area contributed by atoms with Crippen molar-refractivity contribution in [1.29, 1.82) is 0 Å². The van der Waals surface area contributed by atoms with Crippen LogP contribution >= 0.6 is 15.9 Å². The number of H-pyrrole nitrogens is 1. The Bertz CT molecular complexity index is 1200. The molecule has 0 bridgehead atoms. The number of rotatable bonds is 2. The minimum atomic E-state index is -0.395. The number of hydrogen-bond acceptors (Lipinski definition) is 6. The molecule has 0 saturated carbocycles. The molecule has 2 N–H and O–H groups in total. The Morgan fingerprint density at radius 1 is 1.07 bits per heavy atom. The Balaban J connectivity index is 1.84. The van der Waals surface area contributed by atoms with E-state index >= 15 is 0 Å². The number of nitrogens with one attached hydrogen (secondary N) is 2. The summed E-state index contributed by atoms with van der Waals surface area (Å²) < 4.78 is 2.59. The van der Waals surface area contributed by atoms with Crippen molar-refractivity contribution in [2.45, 2.75) is 6.04 Å². The van der Waals surface area contributed by atoms with Crippen molar-refractivity contribution in [2.75, 3.05) is 5.32 Å². The molecule has 8 nitrogen and oxygen atoms in total. The molecule has 2 aromatic carbocycles. The molecular weight excluding hydrogens is 410 g/mol. The van der Waals surface area contributed by atoms with Crippen LogP contribution in [-0.2, 0) is 0 Å². The fraction of sp³-hybridized carbons (Fsp3) is 0.0556. The van der Waals surface area contributed by atoms with Crippen LogP contribution in [0.4, 0.5) is 11.6 Å². The summed E-state index contributed by atoms with van der Waals surface area (Å²) in [5.74, 6) is 0.406. The molecule has 0 radical (unpaired) electrons. The van der Waals surface area contributed by atoms with E-state index in [9.17, 15) is 4.79 Å². The topological polar surface area (TPSA) is 101 Å². The van der Waals surface area contributed by atoms with Gasteiger partial charge in [0.15, 0.2) is 0 Å². The summed E-state index contributed by atoms with van der Waals surface area (Å²) in [5, 5.41) is 21.9. The van der Waals surface area contributed by atoms with Gasteiger partial charge in [0.2, 0.25) is 5.95 Å². The lowest BCUT2D eigenvalue weighted by atomic mass is 9.92. The van der Waals surface area contributed by atoms with Crippen molar-refractivity contribution >= 4 is 27.6 Å². The van der Waals surface area contributed by atoms with Gasteiger partial charge in [-0.2, -0.15) is 9.78 Å². The first-order chi connectivity index (χ1) is 13.2. The molecule has 2 aromatic heterocycles. The molecule has 0 amide bonds. The summed E-state index contributed by atoms with van der Waals surface area (Å²) in [5.41, 5.74) is 3.30. The smallest absolute Gasteiger partial charge is 0.288 e. The summed E-state index contributed by atoms with van der Waals surface area (Å²) in [4.78, 5) is 12.6. The third kappa shape index (κ3) is 2.55. The Kier molecular flexibility index (Phi) is 3.61. The summed E-state index contributed by atoms with van der Waals surface area (Å²) in [6.07, 6.45) is 0. The van der Waals surface area contributed by atoms with Crippen molar-refractivity contribution < 1.29 is 0 Å². The van der Waals surface area contributed by atoms with E-state index in [0.29, 0.717) is 17.3 Å². The van der Waals surface area contributed by atoms with Gasteiger partial charge in [-0.05, 0) is 28.1 Å². The Morgan fingerprint density at radius 2 is 1.93 bits per heavy atom. The van der Waals surface area contributed by atoms with Crippen molar-refractivity contribution in [3.05, 3.63) is 80.6 Å². The molecule has 0 spiro atoms. The highest BCUT2D eigenvalue weighted by Crippen LogP contribution is 2.41. The quantitative estimate of drug-likeness (QED) is 0.454.